The Bertz CT molecular complexity index is 825. The molecule has 7 nitrogen and oxygen atoms in total. The molecule has 0 bridgehead atoms. The first-order chi connectivity index (χ1) is 12.5. The lowest BCUT2D eigenvalue weighted by atomic mass is 10.2. The fourth-order valence-corrected chi connectivity index (χ4v) is 3.02. The van der Waals surface area contributed by atoms with Gasteiger partial charge in [0.15, 0.2) is 0 Å². The van der Waals surface area contributed by atoms with Crippen molar-refractivity contribution in [3.05, 3.63) is 68.9 Å². The van der Waals surface area contributed by atoms with Crippen molar-refractivity contribution in [3.63, 3.8) is 0 Å². The van der Waals surface area contributed by atoms with Crippen molar-refractivity contribution in [3.8, 4) is 0 Å². The van der Waals surface area contributed by atoms with Gasteiger partial charge < -0.3 is 9.32 Å². The quantitative estimate of drug-likeness (QED) is 0.455. The second kappa shape index (κ2) is 8.16. The molecule has 3 rings (SSSR count). The molecule has 136 valence electrons. The summed E-state index contributed by atoms with van der Waals surface area (Å²) in [5, 5.41) is 11.3. The van der Waals surface area contributed by atoms with Crippen molar-refractivity contribution >= 4 is 29.5 Å². The fraction of sp³-hybridized carbons (Fsp3) is 0.278. The normalized spacial score (nSPS) is 15.5. The molecule has 1 aliphatic heterocycles. The number of nitrogens with zero attached hydrogens (tertiary/aromatic N) is 3. The molecule has 1 fully saturated rings. The topological polar surface area (TPSA) is 79.8 Å². The standard InChI is InChI=1S/C18H18ClN3O4/c19-15-3-1-2-14(12-15)13-20-8-10-21(11-9-20)17(23)6-4-16-5-7-18(26-16)22(24)25/h1-7,12H,8-11,13H2/b6-4+. The van der Waals surface area contributed by atoms with Crippen molar-refractivity contribution in [2.24, 2.45) is 0 Å². The van der Waals surface area contributed by atoms with Crippen molar-refractivity contribution in [1.82, 2.24) is 9.80 Å². The number of furan rings is 1. The highest BCUT2D eigenvalue weighted by Gasteiger charge is 2.20. The lowest BCUT2D eigenvalue weighted by molar-refractivity contribution is -0.402. The molecule has 1 saturated heterocycles. The third-order valence-electron chi connectivity index (χ3n) is 4.16. The maximum absolute atomic E-state index is 12.2. The highest BCUT2D eigenvalue weighted by Crippen LogP contribution is 2.17. The highest BCUT2D eigenvalue weighted by molar-refractivity contribution is 6.30. The zero-order valence-corrected chi connectivity index (χ0v) is 14.8. The zero-order valence-electron chi connectivity index (χ0n) is 14.0. The van der Waals surface area contributed by atoms with Crippen LogP contribution in [0.2, 0.25) is 5.02 Å². The van der Waals surface area contributed by atoms with E-state index in [9.17, 15) is 14.9 Å². The number of nitro groups is 1. The fourth-order valence-electron chi connectivity index (χ4n) is 2.81. The number of halogens is 1. The second-order valence-electron chi connectivity index (χ2n) is 6.00. The molecule has 1 aromatic heterocycles. The Kier molecular flexibility index (Phi) is 5.70. The molecule has 1 aliphatic rings. The van der Waals surface area contributed by atoms with Gasteiger partial charge in [-0.2, -0.15) is 0 Å². The van der Waals surface area contributed by atoms with Crippen LogP contribution in [0.4, 0.5) is 5.88 Å². The van der Waals surface area contributed by atoms with Crippen molar-refractivity contribution in [1.29, 1.82) is 0 Å². The van der Waals surface area contributed by atoms with Crippen LogP contribution >= 0.6 is 11.6 Å². The largest absolute Gasteiger partial charge is 0.433 e. The smallest absolute Gasteiger partial charge is 0.401 e. The molecule has 0 saturated carbocycles. The SMILES string of the molecule is O=C(/C=C/c1ccc([N+](=O)[O-])o1)N1CCN(Cc2cccc(Cl)c2)CC1. The molecule has 0 atom stereocenters. The molecule has 2 heterocycles. The predicted octanol–water partition coefficient (Wildman–Crippen LogP) is 3.20. The van der Waals surface area contributed by atoms with Gasteiger partial charge in [-0.25, -0.2) is 0 Å². The van der Waals surface area contributed by atoms with Crippen LogP contribution in [-0.2, 0) is 11.3 Å². The van der Waals surface area contributed by atoms with Gasteiger partial charge in [0.05, 0.1) is 6.07 Å². The Morgan fingerprint density at radius 2 is 2.00 bits per heavy atom. The van der Waals surface area contributed by atoms with Gasteiger partial charge in [0.2, 0.25) is 5.91 Å². The summed E-state index contributed by atoms with van der Waals surface area (Å²) in [6, 6.07) is 10.5. The first-order valence-electron chi connectivity index (χ1n) is 8.19. The Balaban J connectivity index is 1.50. The Morgan fingerprint density at radius 3 is 2.65 bits per heavy atom. The minimum absolute atomic E-state index is 0.133. The molecular formula is C18H18ClN3O4. The van der Waals surface area contributed by atoms with E-state index in [0.717, 1.165) is 30.2 Å². The van der Waals surface area contributed by atoms with E-state index in [1.165, 1.54) is 24.3 Å². The van der Waals surface area contributed by atoms with E-state index >= 15 is 0 Å². The third kappa shape index (κ3) is 4.71. The number of piperazine rings is 1. The van der Waals surface area contributed by atoms with Gasteiger partial charge in [-0.05, 0) is 29.8 Å². The number of carbonyl (C=O) groups excluding carboxylic acids is 1. The number of hydrogen-bond acceptors (Lipinski definition) is 5. The van der Waals surface area contributed by atoms with Crippen molar-refractivity contribution in [2.75, 3.05) is 26.2 Å². The van der Waals surface area contributed by atoms with Gasteiger partial charge in [0.1, 0.15) is 10.7 Å². The molecule has 0 spiro atoms. The molecule has 0 aliphatic carbocycles. The van der Waals surface area contributed by atoms with Gasteiger partial charge in [-0.1, -0.05) is 23.7 Å². The molecule has 1 amide bonds. The molecule has 1 aromatic carbocycles. The van der Waals surface area contributed by atoms with Crippen LogP contribution < -0.4 is 0 Å². The van der Waals surface area contributed by atoms with Crippen molar-refractivity contribution < 1.29 is 14.1 Å². The molecule has 8 heteroatoms. The van der Waals surface area contributed by atoms with E-state index in [-0.39, 0.29) is 17.6 Å². The van der Waals surface area contributed by atoms with Crippen LogP contribution in [0.3, 0.4) is 0 Å². The van der Waals surface area contributed by atoms with E-state index < -0.39 is 4.92 Å². The Morgan fingerprint density at radius 1 is 1.23 bits per heavy atom. The molecular weight excluding hydrogens is 358 g/mol. The van der Waals surface area contributed by atoms with Gasteiger partial charge in [-0.3, -0.25) is 19.8 Å². The Labute approximate surface area is 155 Å². The summed E-state index contributed by atoms with van der Waals surface area (Å²) in [5.74, 6) is -0.192. The number of carbonyl (C=O) groups is 1. The molecule has 0 radical (unpaired) electrons. The number of amides is 1. The monoisotopic (exact) mass is 375 g/mol. The first kappa shape index (κ1) is 18.2. The van der Waals surface area contributed by atoms with Crippen LogP contribution in [0.15, 0.2) is 46.9 Å². The van der Waals surface area contributed by atoms with E-state index in [1.807, 2.05) is 24.3 Å². The van der Waals surface area contributed by atoms with Gasteiger partial charge >= 0.3 is 5.88 Å². The summed E-state index contributed by atoms with van der Waals surface area (Å²) >= 11 is 6.01. The van der Waals surface area contributed by atoms with Gasteiger partial charge in [0, 0.05) is 43.8 Å². The summed E-state index contributed by atoms with van der Waals surface area (Å²) in [7, 11) is 0. The number of hydrogen-bond donors (Lipinski definition) is 0. The minimum atomic E-state index is -0.613. The van der Waals surface area contributed by atoms with Crippen LogP contribution in [0, 0.1) is 10.1 Å². The van der Waals surface area contributed by atoms with Crippen LogP contribution in [0.5, 0.6) is 0 Å². The lowest BCUT2D eigenvalue weighted by Crippen LogP contribution is -2.47. The molecule has 2 aromatic rings. The summed E-state index contributed by atoms with van der Waals surface area (Å²) in [4.78, 5) is 26.2. The second-order valence-corrected chi connectivity index (χ2v) is 6.43. The zero-order chi connectivity index (χ0) is 18.5. The van der Waals surface area contributed by atoms with Gasteiger partial charge in [0.25, 0.3) is 0 Å². The molecule has 0 N–H and O–H groups in total. The Hall–Kier alpha value is -2.64. The summed E-state index contributed by atoms with van der Waals surface area (Å²) in [6.07, 6.45) is 2.84. The van der Waals surface area contributed by atoms with E-state index in [2.05, 4.69) is 4.90 Å². The first-order valence-corrected chi connectivity index (χ1v) is 8.57. The number of rotatable bonds is 5. The van der Waals surface area contributed by atoms with Gasteiger partial charge in [-0.15, -0.1) is 0 Å². The summed E-state index contributed by atoms with van der Waals surface area (Å²) < 4.78 is 5.00. The predicted molar refractivity (Wildman–Crippen MR) is 97.7 cm³/mol. The van der Waals surface area contributed by atoms with E-state index in [1.54, 1.807) is 4.90 Å². The van der Waals surface area contributed by atoms with Crippen LogP contribution in [0.1, 0.15) is 11.3 Å². The van der Waals surface area contributed by atoms with E-state index in [0.29, 0.717) is 13.1 Å². The number of benzene rings is 1. The minimum Gasteiger partial charge on any atom is -0.401 e. The third-order valence-corrected chi connectivity index (χ3v) is 4.40. The maximum atomic E-state index is 12.2. The average molecular weight is 376 g/mol. The van der Waals surface area contributed by atoms with E-state index in [4.69, 9.17) is 16.0 Å². The lowest BCUT2D eigenvalue weighted by Gasteiger charge is -2.34. The highest BCUT2D eigenvalue weighted by atomic mass is 35.5. The molecule has 26 heavy (non-hydrogen) atoms. The maximum Gasteiger partial charge on any atom is 0.433 e. The summed E-state index contributed by atoms with van der Waals surface area (Å²) in [6.45, 7) is 3.61. The van der Waals surface area contributed by atoms with Crippen molar-refractivity contribution in [2.45, 2.75) is 6.54 Å². The average Bonchev–Trinajstić information content (AvgIpc) is 3.10. The molecule has 0 unspecified atom stereocenters. The van der Waals surface area contributed by atoms with Crippen LogP contribution in [0.25, 0.3) is 6.08 Å². The van der Waals surface area contributed by atoms with Crippen LogP contribution in [-0.4, -0.2) is 46.8 Å². The summed E-state index contributed by atoms with van der Waals surface area (Å²) in [5.41, 5.74) is 1.15.